The van der Waals surface area contributed by atoms with Crippen LogP contribution in [0.2, 0.25) is 0 Å². The van der Waals surface area contributed by atoms with Gasteiger partial charge in [0.25, 0.3) is 0 Å². The third-order valence-electron chi connectivity index (χ3n) is 4.98. The maximum Gasteiger partial charge on any atom is 0.154 e. The number of nitrogens with two attached hydrogens (primary N) is 1. The zero-order chi connectivity index (χ0) is 14.2. The second-order valence-corrected chi connectivity index (χ2v) is 6.24. The van der Waals surface area contributed by atoms with E-state index in [9.17, 15) is 4.79 Å². The van der Waals surface area contributed by atoms with Gasteiger partial charge in [0.2, 0.25) is 0 Å². The molecular formula is C16H22N2O2. The van der Waals surface area contributed by atoms with Crippen molar-refractivity contribution >= 4 is 5.78 Å². The lowest BCUT2D eigenvalue weighted by atomic mass is 9.61. The monoisotopic (exact) mass is 274 g/mol. The highest BCUT2D eigenvalue weighted by molar-refractivity contribution is 5.91. The van der Waals surface area contributed by atoms with E-state index in [2.05, 4.69) is 17.4 Å². The molecule has 2 bridgehead atoms. The van der Waals surface area contributed by atoms with Crippen LogP contribution in [0, 0.1) is 0 Å². The average Bonchev–Trinajstić information content (AvgIpc) is 2.48. The van der Waals surface area contributed by atoms with Gasteiger partial charge in [-0.1, -0.05) is 12.1 Å². The predicted molar refractivity (Wildman–Crippen MR) is 77.6 cm³/mol. The molecule has 3 fully saturated rings. The van der Waals surface area contributed by atoms with E-state index in [1.165, 1.54) is 5.56 Å². The molecule has 0 radical (unpaired) electrons. The Kier molecular flexibility index (Phi) is 3.30. The summed E-state index contributed by atoms with van der Waals surface area (Å²) in [7, 11) is 1.67. The van der Waals surface area contributed by atoms with Crippen molar-refractivity contribution in [1.29, 1.82) is 0 Å². The highest BCUT2D eigenvalue weighted by atomic mass is 16.5. The lowest BCUT2D eigenvalue weighted by Gasteiger charge is -2.51. The van der Waals surface area contributed by atoms with Crippen molar-refractivity contribution in [3.63, 3.8) is 0 Å². The Morgan fingerprint density at radius 2 is 1.85 bits per heavy atom. The molecule has 1 aromatic rings. The minimum atomic E-state index is -0.524. The van der Waals surface area contributed by atoms with Crippen LogP contribution in [-0.2, 0) is 11.3 Å². The Bertz CT molecular complexity index is 502. The summed E-state index contributed by atoms with van der Waals surface area (Å²) in [4.78, 5) is 12.1. The molecule has 0 saturated heterocycles. The molecule has 0 amide bonds. The van der Waals surface area contributed by atoms with Gasteiger partial charge in [-0.25, -0.2) is 0 Å². The van der Waals surface area contributed by atoms with Crippen molar-refractivity contribution in [1.82, 2.24) is 5.32 Å². The molecule has 0 aliphatic heterocycles. The number of ketones is 1. The van der Waals surface area contributed by atoms with E-state index in [1.54, 1.807) is 7.11 Å². The van der Waals surface area contributed by atoms with Crippen molar-refractivity contribution in [3.8, 4) is 5.75 Å². The number of nitrogens with one attached hydrogen (secondary N) is 1. The lowest BCUT2D eigenvalue weighted by molar-refractivity contribution is -0.133. The number of carbonyl (C=O) groups excluding carboxylic acids is 1. The van der Waals surface area contributed by atoms with Gasteiger partial charge in [-0.3, -0.25) is 4.79 Å². The third kappa shape index (κ3) is 2.34. The molecule has 3 aliphatic rings. The fourth-order valence-electron chi connectivity index (χ4n) is 3.39. The molecule has 3 N–H and O–H groups in total. The van der Waals surface area contributed by atoms with Gasteiger partial charge in [0.15, 0.2) is 5.78 Å². The number of ether oxygens (including phenoxy) is 1. The fourth-order valence-corrected chi connectivity index (χ4v) is 3.39. The van der Waals surface area contributed by atoms with Crippen molar-refractivity contribution in [2.45, 2.75) is 49.7 Å². The molecule has 3 saturated carbocycles. The SMILES string of the molecule is COc1ccc(CNC23CCC(N)(CC2)C(=O)C3)cc1. The van der Waals surface area contributed by atoms with Crippen molar-refractivity contribution in [2.75, 3.05) is 7.11 Å². The highest BCUT2D eigenvalue weighted by Gasteiger charge is 2.51. The van der Waals surface area contributed by atoms with Crippen LogP contribution in [0.1, 0.15) is 37.7 Å². The van der Waals surface area contributed by atoms with Crippen LogP contribution >= 0.6 is 0 Å². The molecule has 0 atom stereocenters. The highest BCUT2D eigenvalue weighted by Crippen LogP contribution is 2.43. The maximum absolute atomic E-state index is 12.1. The summed E-state index contributed by atoms with van der Waals surface area (Å²) in [6.07, 6.45) is 4.24. The molecule has 1 aromatic carbocycles. The Balaban J connectivity index is 1.64. The zero-order valence-electron chi connectivity index (χ0n) is 11.9. The molecule has 0 unspecified atom stereocenters. The zero-order valence-corrected chi connectivity index (χ0v) is 11.9. The number of hydrogen-bond acceptors (Lipinski definition) is 4. The van der Waals surface area contributed by atoms with Crippen LogP contribution in [0.25, 0.3) is 0 Å². The molecule has 0 aromatic heterocycles. The summed E-state index contributed by atoms with van der Waals surface area (Å²) >= 11 is 0. The van der Waals surface area contributed by atoms with Gasteiger partial charge >= 0.3 is 0 Å². The van der Waals surface area contributed by atoms with E-state index < -0.39 is 5.54 Å². The molecule has 0 spiro atoms. The molecule has 0 heterocycles. The lowest BCUT2D eigenvalue weighted by Crippen LogP contribution is -2.65. The Morgan fingerprint density at radius 3 is 2.40 bits per heavy atom. The van der Waals surface area contributed by atoms with Gasteiger partial charge in [0.05, 0.1) is 12.6 Å². The smallest absolute Gasteiger partial charge is 0.154 e. The van der Waals surface area contributed by atoms with Gasteiger partial charge in [-0.15, -0.1) is 0 Å². The molecule has 4 heteroatoms. The van der Waals surface area contributed by atoms with Crippen molar-refractivity contribution < 1.29 is 9.53 Å². The Morgan fingerprint density at radius 1 is 1.20 bits per heavy atom. The summed E-state index contributed by atoms with van der Waals surface area (Å²) in [5, 5.41) is 3.61. The maximum atomic E-state index is 12.1. The quantitative estimate of drug-likeness (QED) is 0.878. The Hall–Kier alpha value is -1.39. The first kappa shape index (κ1) is 13.6. The molecule has 20 heavy (non-hydrogen) atoms. The van der Waals surface area contributed by atoms with Crippen LogP contribution in [-0.4, -0.2) is 24.0 Å². The summed E-state index contributed by atoms with van der Waals surface area (Å²) in [6, 6.07) is 8.05. The standard InChI is InChI=1S/C16H22N2O2/c1-20-13-4-2-12(3-5-13)11-18-15-6-8-16(17,9-7-15)14(19)10-15/h2-5,18H,6-11,17H2,1H3. The van der Waals surface area contributed by atoms with E-state index in [1.807, 2.05) is 12.1 Å². The van der Waals surface area contributed by atoms with Crippen molar-refractivity contribution in [3.05, 3.63) is 29.8 Å². The second-order valence-electron chi connectivity index (χ2n) is 6.24. The molecule has 3 aliphatic carbocycles. The molecule has 4 rings (SSSR count). The van der Waals surface area contributed by atoms with E-state index >= 15 is 0 Å². The van der Waals surface area contributed by atoms with Crippen LogP contribution in [0.3, 0.4) is 0 Å². The normalized spacial score (nSPS) is 32.4. The van der Waals surface area contributed by atoms with E-state index in [0.29, 0.717) is 6.42 Å². The largest absolute Gasteiger partial charge is 0.497 e. The Labute approximate surface area is 119 Å². The van der Waals surface area contributed by atoms with Crippen LogP contribution in [0.4, 0.5) is 0 Å². The first-order chi connectivity index (χ1) is 9.55. The molecule has 108 valence electrons. The first-order valence-corrected chi connectivity index (χ1v) is 7.25. The fraction of sp³-hybridized carbons (Fsp3) is 0.562. The van der Waals surface area contributed by atoms with Crippen LogP contribution < -0.4 is 15.8 Å². The topological polar surface area (TPSA) is 64.3 Å². The third-order valence-corrected chi connectivity index (χ3v) is 4.98. The number of fused-ring (bicyclic) bond motifs is 3. The van der Waals surface area contributed by atoms with Crippen LogP contribution in [0.5, 0.6) is 5.75 Å². The van der Waals surface area contributed by atoms with Gasteiger partial charge in [0, 0.05) is 18.5 Å². The summed E-state index contributed by atoms with van der Waals surface area (Å²) in [5.41, 5.74) is 6.80. The number of rotatable bonds is 4. The molecule has 4 nitrogen and oxygen atoms in total. The summed E-state index contributed by atoms with van der Waals surface area (Å²) in [5.74, 6) is 1.10. The number of Topliss-reactive ketones (excluding diaryl/α,β-unsaturated/α-hetero) is 1. The van der Waals surface area contributed by atoms with Crippen LogP contribution in [0.15, 0.2) is 24.3 Å². The predicted octanol–water partition coefficient (Wildman–Crippen LogP) is 1.77. The summed E-state index contributed by atoms with van der Waals surface area (Å²) in [6.45, 7) is 0.787. The second kappa shape index (κ2) is 4.86. The summed E-state index contributed by atoms with van der Waals surface area (Å²) < 4.78 is 5.16. The minimum Gasteiger partial charge on any atom is -0.497 e. The average molecular weight is 274 g/mol. The van der Waals surface area contributed by atoms with Gasteiger partial charge in [0.1, 0.15) is 5.75 Å². The minimum absolute atomic E-state index is 0.0296. The number of carbonyl (C=O) groups is 1. The molecular weight excluding hydrogens is 252 g/mol. The number of methoxy groups -OCH3 is 1. The number of hydrogen-bond donors (Lipinski definition) is 2. The van der Waals surface area contributed by atoms with Crippen molar-refractivity contribution in [2.24, 2.45) is 5.73 Å². The number of benzene rings is 1. The van der Waals surface area contributed by atoms with Gasteiger partial charge in [-0.2, -0.15) is 0 Å². The van der Waals surface area contributed by atoms with E-state index in [-0.39, 0.29) is 11.3 Å². The van der Waals surface area contributed by atoms with Gasteiger partial charge < -0.3 is 15.8 Å². The first-order valence-electron chi connectivity index (χ1n) is 7.25. The van der Waals surface area contributed by atoms with E-state index in [4.69, 9.17) is 10.5 Å². The van der Waals surface area contributed by atoms with E-state index in [0.717, 1.165) is 38.0 Å². The van der Waals surface area contributed by atoms with Gasteiger partial charge in [-0.05, 0) is 43.4 Å².